The number of aliphatic hydroxyl groups excluding tert-OH is 1. The normalized spacial score (nSPS) is 22.9. The third-order valence-corrected chi connectivity index (χ3v) is 3.46. The Bertz CT molecular complexity index is 386. The van der Waals surface area contributed by atoms with Crippen LogP contribution in [0.15, 0.2) is 24.3 Å². The highest BCUT2D eigenvalue weighted by molar-refractivity contribution is 5.19. The van der Waals surface area contributed by atoms with Crippen molar-refractivity contribution in [1.82, 2.24) is 4.90 Å². The molecule has 1 aliphatic heterocycles. The van der Waals surface area contributed by atoms with E-state index in [2.05, 4.69) is 11.8 Å². The number of morpholine rings is 1. The van der Waals surface area contributed by atoms with Gasteiger partial charge in [-0.05, 0) is 19.4 Å². The number of rotatable bonds is 4. The summed E-state index contributed by atoms with van der Waals surface area (Å²) in [6, 6.07) is 6.78. The lowest BCUT2D eigenvalue weighted by Gasteiger charge is -2.33. The largest absolute Gasteiger partial charge is 0.388 e. The van der Waals surface area contributed by atoms with E-state index in [0.717, 1.165) is 26.3 Å². The molecule has 2 rings (SSSR count). The van der Waals surface area contributed by atoms with Crippen molar-refractivity contribution in [3.05, 3.63) is 35.6 Å². The molecule has 1 heterocycles. The van der Waals surface area contributed by atoms with Crippen molar-refractivity contribution in [2.24, 2.45) is 0 Å². The van der Waals surface area contributed by atoms with Gasteiger partial charge in [0.2, 0.25) is 0 Å². The Labute approximate surface area is 107 Å². The molecule has 0 spiro atoms. The van der Waals surface area contributed by atoms with Crippen molar-refractivity contribution >= 4 is 0 Å². The maximum Gasteiger partial charge on any atom is 0.128 e. The van der Waals surface area contributed by atoms with Crippen molar-refractivity contribution in [3.8, 4) is 0 Å². The van der Waals surface area contributed by atoms with Gasteiger partial charge in [-0.2, -0.15) is 0 Å². The smallest absolute Gasteiger partial charge is 0.128 e. The van der Waals surface area contributed by atoms with Crippen LogP contribution in [-0.2, 0) is 4.74 Å². The van der Waals surface area contributed by atoms with Gasteiger partial charge in [0.15, 0.2) is 0 Å². The highest BCUT2D eigenvalue weighted by Crippen LogP contribution is 2.20. The molecule has 1 saturated heterocycles. The molecule has 0 saturated carbocycles. The van der Waals surface area contributed by atoms with Gasteiger partial charge in [-0.1, -0.05) is 18.2 Å². The van der Waals surface area contributed by atoms with E-state index in [1.54, 1.807) is 18.2 Å². The number of ether oxygens (including phenoxy) is 1. The summed E-state index contributed by atoms with van der Waals surface area (Å²) in [6.45, 7) is 5.22. The van der Waals surface area contributed by atoms with Crippen LogP contribution in [0.3, 0.4) is 0 Å². The zero-order valence-electron chi connectivity index (χ0n) is 10.7. The Kier molecular flexibility index (Phi) is 4.69. The van der Waals surface area contributed by atoms with Gasteiger partial charge in [-0.15, -0.1) is 0 Å². The van der Waals surface area contributed by atoms with Crippen LogP contribution in [-0.4, -0.2) is 42.4 Å². The van der Waals surface area contributed by atoms with Crippen molar-refractivity contribution in [3.63, 3.8) is 0 Å². The summed E-state index contributed by atoms with van der Waals surface area (Å²) >= 11 is 0. The third-order valence-electron chi connectivity index (χ3n) is 3.46. The average molecular weight is 253 g/mol. The second-order valence-corrected chi connectivity index (χ2v) is 4.79. The summed E-state index contributed by atoms with van der Waals surface area (Å²) in [5.74, 6) is -0.333. The zero-order valence-corrected chi connectivity index (χ0v) is 10.7. The monoisotopic (exact) mass is 253 g/mol. The van der Waals surface area contributed by atoms with Crippen LogP contribution in [0.2, 0.25) is 0 Å². The molecule has 2 atom stereocenters. The van der Waals surface area contributed by atoms with E-state index in [4.69, 9.17) is 4.74 Å². The third kappa shape index (κ3) is 3.28. The average Bonchev–Trinajstić information content (AvgIpc) is 2.38. The fourth-order valence-electron chi connectivity index (χ4n) is 2.28. The second kappa shape index (κ2) is 6.27. The van der Waals surface area contributed by atoms with E-state index in [1.165, 1.54) is 6.07 Å². The molecule has 3 nitrogen and oxygen atoms in total. The summed E-state index contributed by atoms with van der Waals surface area (Å²) in [6.07, 6.45) is -0.188. The quantitative estimate of drug-likeness (QED) is 0.890. The maximum atomic E-state index is 13.5. The van der Waals surface area contributed by atoms with Gasteiger partial charge < -0.3 is 9.84 Å². The summed E-state index contributed by atoms with van der Waals surface area (Å²) in [5.41, 5.74) is 0.387. The van der Waals surface area contributed by atoms with E-state index in [9.17, 15) is 9.50 Å². The van der Waals surface area contributed by atoms with E-state index in [0.29, 0.717) is 18.0 Å². The van der Waals surface area contributed by atoms with Gasteiger partial charge in [-0.25, -0.2) is 4.39 Å². The minimum atomic E-state index is -0.735. The molecule has 0 aliphatic carbocycles. The van der Waals surface area contributed by atoms with Crippen LogP contribution >= 0.6 is 0 Å². The minimum absolute atomic E-state index is 0.333. The van der Waals surface area contributed by atoms with Gasteiger partial charge >= 0.3 is 0 Å². The van der Waals surface area contributed by atoms with Crippen LogP contribution in [0.25, 0.3) is 0 Å². The highest BCUT2D eigenvalue weighted by Gasteiger charge is 2.20. The molecule has 1 N–H and O–H groups in total. The van der Waals surface area contributed by atoms with Gasteiger partial charge in [0.25, 0.3) is 0 Å². The lowest BCUT2D eigenvalue weighted by molar-refractivity contribution is -0.00654. The fraction of sp³-hybridized carbons (Fsp3) is 0.571. The maximum absolute atomic E-state index is 13.5. The van der Waals surface area contributed by atoms with Gasteiger partial charge in [0, 0.05) is 24.7 Å². The predicted molar refractivity (Wildman–Crippen MR) is 67.8 cm³/mol. The number of hydrogen-bond acceptors (Lipinski definition) is 3. The first-order chi connectivity index (χ1) is 8.68. The zero-order chi connectivity index (χ0) is 13.0. The summed E-state index contributed by atoms with van der Waals surface area (Å²) in [5, 5.41) is 10.0. The van der Waals surface area contributed by atoms with Gasteiger partial charge in [0.05, 0.1) is 19.3 Å². The molecule has 1 aliphatic rings. The Hall–Kier alpha value is -0.970. The van der Waals surface area contributed by atoms with E-state index < -0.39 is 6.10 Å². The van der Waals surface area contributed by atoms with Gasteiger partial charge in [0.1, 0.15) is 5.82 Å². The molecular formula is C14H20FNO2. The van der Waals surface area contributed by atoms with Crippen molar-refractivity contribution in [1.29, 1.82) is 0 Å². The fourth-order valence-corrected chi connectivity index (χ4v) is 2.28. The van der Waals surface area contributed by atoms with E-state index in [-0.39, 0.29) is 5.82 Å². The summed E-state index contributed by atoms with van der Waals surface area (Å²) in [7, 11) is 0. The van der Waals surface area contributed by atoms with E-state index in [1.807, 2.05) is 0 Å². The minimum Gasteiger partial charge on any atom is -0.388 e. The Morgan fingerprint density at radius 3 is 3.00 bits per heavy atom. The van der Waals surface area contributed by atoms with Crippen molar-refractivity contribution < 1.29 is 14.2 Å². The Morgan fingerprint density at radius 1 is 1.50 bits per heavy atom. The second-order valence-electron chi connectivity index (χ2n) is 4.79. The van der Waals surface area contributed by atoms with Crippen LogP contribution in [0.4, 0.5) is 4.39 Å². The number of benzene rings is 1. The molecular weight excluding hydrogens is 233 g/mol. The molecule has 0 bridgehead atoms. The molecule has 4 heteroatoms. The predicted octanol–water partition coefficient (Wildman–Crippen LogP) is 1.97. The molecule has 1 aromatic rings. The molecule has 0 aromatic heterocycles. The first-order valence-electron chi connectivity index (χ1n) is 6.43. The van der Waals surface area contributed by atoms with Crippen molar-refractivity contribution in [2.45, 2.75) is 25.5 Å². The van der Waals surface area contributed by atoms with Crippen LogP contribution in [0.5, 0.6) is 0 Å². The lowest BCUT2D eigenvalue weighted by Crippen LogP contribution is -2.44. The van der Waals surface area contributed by atoms with Crippen molar-refractivity contribution in [2.75, 3.05) is 26.3 Å². The van der Waals surface area contributed by atoms with Crippen LogP contribution < -0.4 is 0 Å². The lowest BCUT2D eigenvalue weighted by atomic mass is 10.1. The first-order valence-corrected chi connectivity index (χ1v) is 6.43. The molecule has 0 radical (unpaired) electrons. The number of nitrogens with zero attached hydrogens (tertiary/aromatic N) is 1. The SMILES string of the molecule is CC1COCCN1CCC(O)c1ccccc1F. The first kappa shape index (κ1) is 13.5. The van der Waals surface area contributed by atoms with E-state index >= 15 is 0 Å². The van der Waals surface area contributed by atoms with Gasteiger partial charge in [-0.3, -0.25) is 4.90 Å². The number of halogens is 1. The molecule has 100 valence electrons. The molecule has 1 fully saturated rings. The van der Waals surface area contributed by atoms with Crippen LogP contribution in [0.1, 0.15) is 25.0 Å². The topological polar surface area (TPSA) is 32.7 Å². The Balaban J connectivity index is 1.88. The highest BCUT2D eigenvalue weighted by atomic mass is 19.1. The molecule has 18 heavy (non-hydrogen) atoms. The molecule has 0 amide bonds. The molecule has 1 aromatic carbocycles. The van der Waals surface area contributed by atoms with Crippen LogP contribution in [0, 0.1) is 5.82 Å². The summed E-state index contributed by atoms with van der Waals surface area (Å²) in [4.78, 5) is 2.27. The summed E-state index contributed by atoms with van der Waals surface area (Å²) < 4.78 is 18.8. The standard InChI is InChI=1S/C14H20FNO2/c1-11-10-18-9-8-16(11)7-6-14(17)12-4-2-3-5-13(12)15/h2-5,11,14,17H,6-10H2,1H3. The number of hydrogen-bond donors (Lipinski definition) is 1. The number of aliphatic hydroxyl groups is 1. The Morgan fingerprint density at radius 2 is 2.28 bits per heavy atom. The molecule has 2 unspecified atom stereocenters.